The summed E-state index contributed by atoms with van der Waals surface area (Å²) in [4.78, 5) is 19.3. The van der Waals surface area contributed by atoms with E-state index in [0.717, 1.165) is 71.6 Å². The zero-order chi connectivity index (χ0) is 20.9. The van der Waals surface area contributed by atoms with Crippen molar-refractivity contribution in [3.05, 3.63) is 76.1 Å². The molecular weight excluding hydrogens is 416 g/mol. The molecule has 2 heterocycles. The molecule has 1 aliphatic heterocycles. The Kier molecular flexibility index (Phi) is 6.65. The molecule has 0 unspecified atom stereocenters. The topological polar surface area (TPSA) is 58.1 Å². The van der Waals surface area contributed by atoms with E-state index in [4.69, 9.17) is 16.6 Å². The van der Waals surface area contributed by atoms with Crippen LogP contribution >= 0.6 is 23.1 Å². The van der Waals surface area contributed by atoms with E-state index < -0.39 is 0 Å². The van der Waals surface area contributed by atoms with Crippen molar-refractivity contribution in [1.29, 1.82) is 0 Å². The van der Waals surface area contributed by atoms with Gasteiger partial charge >= 0.3 is 0 Å². The first-order valence-electron chi connectivity index (χ1n) is 10.2. The monoisotopic (exact) mass is 440 g/mol. The standard InChI is InChI=1S/C23H25ClN4OS/c1-16-2-6-19(7-3-16)22(29)25-15-18-10-12-28(13-11-18)23-26-21(27-30-23)14-17-4-8-20(24)9-5-17/h2-9,18H,10-15H2,1H3,(H,25,29). The number of hydrogen-bond acceptors (Lipinski definition) is 5. The number of aryl methyl sites for hydroxylation is 1. The van der Waals surface area contributed by atoms with Crippen LogP contribution in [0.25, 0.3) is 0 Å². The van der Waals surface area contributed by atoms with Gasteiger partial charge in [0.15, 0.2) is 0 Å². The first-order valence-corrected chi connectivity index (χ1v) is 11.4. The third-order valence-electron chi connectivity index (χ3n) is 5.48. The van der Waals surface area contributed by atoms with Gasteiger partial charge in [0, 0.05) is 48.2 Å². The van der Waals surface area contributed by atoms with Crippen LogP contribution in [0.4, 0.5) is 5.13 Å². The number of carbonyl (C=O) groups excluding carboxylic acids is 1. The Bertz CT molecular complexity index is 979. The summed E-state index contributed by atoms with van der Waals surface area (Å²) in [6.07, 6.45) is 2.80. The summed E-state index contributed by atoms with van der Waals surface area (Å²) in [6, 6.07) is 15.5. The molecule has 0 spiro atoms. The Morgan fingerprint density at radius 2 is 1.83 bits per heavy atom. The third-order valence-corrected chi connectivity index (χ3v) is 6.55. The highest BCUT2D eigenvalue weighted by Gasteiger charge is 2.22. The van der Waals surface area contributed by atoms with Crippen LogP contribution in [0.1, 0.15) is 40.2 Å². The molecule has 0 aliphatic carbocycles. The molecule has 1 N–H and O–H groups in total. The number of rotatable bonds is 6. The van der Waals surface area contributed by atoms with Crippen LogP contribution in [0.2, 0.25) is 5.02 Å². The molecule has 0 bridgehead atoms. The van der Waals surface area contributed by atoms with Gasteiger partial charge in [0.05, 0.1) is 0 Å². The molecule has 1 aliphatic rings. The second-order valence-corrected chi connectivity index (χ2v) is 8.97. The Labute approximate surface area is 186 Å². The number of anilines is 1. The summed E-state index contributed by atoms with van der Waals surface area (Å²) in [7, 11) is 0. The lowest BCUT2D eigenvalue weighted by molar-refractivity contribution is 0.0945. The van der Waals surface area contributed by atoms with Gasteiger partial charge in [0.25, 0.3) is 5.91 Å². The van der Waals surface area contributed by atoms with Crippen molar-refractivity contribution in [2.24, 2.45) is 5.92 Å². The molecule has 1 amide bonds. The number of halogens is 1. The summed E-state index contributed by atoms with van der Waals surface area (Å²) in [5.41, 5.74) is 3.04. The van der Waals surface area contributed by atoms with Gasteiger partial charge in [0.2, 0.25) is 5.13 Å². The zero-order valence-electron chi connectivity index (χ0n) is 17.0. The predicted octanol–water partition coefficient (Wildman–Crippen LogP) is 4.74. The molecular formula is C23H25ClN4OS. The van der Waals surface area contributed by atoms with Crippen LogP contribution < -0.4 is 10.2 Å². The highest BCUT2D eigenvalue weighted by Crippen LogP contribution is 2.25. The van der Waals surface area contributed by atoms with E-state index in [1.54, 1.807) is 0 Å². The van der Waals surface area contributed by atoms with Crippen LogP contribution in [0, 0.1) is 12.8 Å². The molecule has 0 atom stereocenters. The number of hydrogen-bond donors (Lipinski definition) is 1. The maximum atomic E-state index is 12.3. The lowest BCUT2D eigenvalue weighted by Crippen LogP contribution is -2.38. The van der Waals surface area contributed by atoms with Gasteiger partial charge in [-0.05, 0) is 55.5 Å². The number of carbonyl (C=O) groups is 1. The van der Waals surface area contributed by atoms with Crippen LogP contribution in [-0.2, 0) is 6.42 Å². The molecule has 156 valence electrons. The largest absolute Gasteiger partial charge is 0.352 e. The normalized spacial score (nSPS) is 14.7. The van der Waals surface area contributed by atoms with Crippen molar-refractivity contribution in [1.82, 2.24) is 14.7 Å². The summed E-state index contributed by atoms with van der Waals surface area (Å²) < 4.78 is 4.53. The van der Waals surface area contributed by atoms with Gasteiger partial charge in [-0.2, -0.15) is 4.37 Å². The number of amides is 1. The van der Waals surface area contributed by atoms with Gasteiger partial charge in [-0.1, -0.05) is 41.4 Å². The molecule has 1 aromatic heterocycles. The molecule has 7 heteroatoms. The minimum Gasteiger partial charge on any atom is -0.352 e. The van der Waals surface area contributed by atoms with E-state index in [1.165, 1.54) is 11.5 Å². The SMILES string of the molecule is Cc1ccc(C(=O)NCC2CCN(c3nc(Cc4ccc(Cl)cc4)ns3)CC2)cc1. The molecule has 0 saturated carbocycles. The van der Waals surface area contributed by atoms with E-state index in [-0.39, 0.29) is 5.91 Å². The number of benzene rings is 2. The average Bonchev–Trinajstić information content (AvgIpc) is 3.23. The van der Waals surface area contributed by atoms with Crippen molar-refractivity contribution < 1.29 is 4.79 Å². The van der Waals surface area contributed by atoms with Crippen molar-refractivity contribution >= 4 is 34.2 Å². The first-order chi connectivity index (χ1) is 14.6. The van der Waals surface area contributed by atoms with Crippen molar-refractivity contribution in [3.8, 4) is 0 Å². The van der Waals surface area contributed by atoms with E-state index in [1.807, 2.05) is 55.5 Å². The Morgan fingerprint density at radius 1 is 1.13 bits per heavy atom. The second kappa shape index (κ2) is 9.58. The molecule has 5 nitrogen and oxygen atoms in total. The van der Waals surface area contributed by atoms with Crippen LogP contribution in [0.3, 0.4) is 0 Å². The highest BCUT2D eigenvalue weighted by molar-refractivity contribution is 7.09. The van der Waals surface area contributed by atoms with E-state index in [9.17, 15) is 4.79 Å². The minimum atomic E-state index is 0.00777. The van der Waals surface area contributed by atoms with Gasteiger partial charge in [-0.25, -0.2) is 4.98 Å². The molecule has 2 aromatic carbocycles. The number of aromatic nitrogens is 2. The van der Waals surface area contributed by atoms with Gasteiger partial charge < -0.3 is 10.2 Å². The molecule has 1 saturated heterocycles. The number of nitrogens with one attached hydrogen (secondary N) is 1. The molecule has 30 heavy (non-hydrogen) atoms. The quantitative estimate of drug-likeness (QED) is 0.601. The molecule has 3 aromatic rings. The zero-order valence-corrected chi connectivity index (χ0v) is 18.5. The summed E-state index contributed by atoms with van der Waals surface area (Å²) in [6.45, 7) is 4.63. The van der Waals surface area contributed by atoms with Crippen molar-refractivity contribution in [2.75, 3.05) is 24.5 Å². The maximum Gasteiger partial charge on any atom is 0.251 e. The molecule has 1 fully saturated rings. The van der Waals surface area contributed by atoms with Crippen molar-refractivity contribution in [3.63, 3.8) is 0 Å². The smallest absolute Gasteiger partial charge is 0.251 e. The molecule has 4 rings (SSSR count). The van der Waals surface area contributed by atoms with Gasteiger partial charge in [0.1, 0.15) is 5.82 Å². The fourth-order valence-corrected chi connectivity index (χ4v) is 4.46. The van der Waals surface area contributed by atoms with E-state index >= 15 is 0 Å². The van der Waals surface area contributed by atoms with Gasteiger partial charge in [-0.3, -0.25) is 4.79 Å². The second-order valence-electron chi connectivity index (χ2n) is 7.80. The number of nitrogens with zero attached hydrogens (tertiary/aromatic N) is 3. The van der Waals surface area contributed by atoms with E-state index in [2.05, 4.69) is 14.6 Å². The Balaban J connectivity index is 1.24. The predicted molar refractivity (Wildman–Crippen MR) is 123 cm³/mol. The maximum absolute atomic E-state index is 12.3. The Hall–Kier alpha value is -2.44. The van der Waals surface area contributed by atoms with Crippen LogP contribution in [0.15, 0.2) is 48.5 Å². The minimum absolute atomic E-state index is 0.00777. The third kappa shape index (κ3) is 5.37. The summed E-state index contributed by atoms with van der Waals surface area (Å²) in [5.74, 6) is 1.36. The highest BCUT2D eigenvalue weighted by atomic mass is 35.5. The molecule has 0 radical (unpaired) electrons. The van der Waals surface area contributed by atoms with Gasteiger partial charge in [-0.15, -0.1) is 0 Å². The number of piperidine rings is 1. The fourth-order valence-electron chi connectivity index (χ4n) is 3.60. The Morgan fingerprint density at radius 3 is 2.53 bits per heavy atom. The summed E-state index contributed by atoms with van der Waals surface area (Å²) >= 11 is 7.41. The average molecular weight is 441 g/mol. The first kappa shape index (κ1) is 20.8. The van der Waals surface area contributed by atoms with Crippen molar-refractivity contribution in [2.45, 2.75) is 26.2 Å². The van der Waals surface area contributed by atoms with Crippen LogP contribution in [0.5, 0.6) is 0 Å². The lowest BCUT2D eigenvalue weighted by atomic mass is 9.97. The van der Waals surface area contributed by atoms with Crippen LogP contribution in [-0.4, -0.2) is 34.9 Å². The fraction of sp³-hybridized carbons (Fsp3) is 0.348. The lowest BCUT2D eigenvalue weighted by Gasteiger charge is -2.31. The van der Waals surface area contributed by atoms with E-state index in [0.29, 0.717) is 5.92 Å². The summed E-state index contributed by atoms with van der Waals surface area (Å²) in [5, 5.41) is 4.81.